The minimum absolute atomic E-state index is 0.278. The van der Waals surface area contributed by atoms with Gasteiger partial charge in [-0.05, 0) is 37.8 Å². The Morgan fingerprint density at radius 2 is 2.11 bits per heavy atom. The Balaban J connectivity index is 1.79. The number of carbonyl (C=O) groups is 1. The average Bonchev–Trinajstić information content (AvgIpc) is 2.40. The van der Waals surface area contributed by atoms with Crippen LogP contribution < -0.4 is 11.1 Å². The minimum Gasteiger partial charge on any atom is -0.385 e. The molecule has 1 unspecified atom stereocenters. The first kappa shape index (κ1) is 12.7. The lowest BCUT2D eigenvalue weighted by atomic mass is 10.00. The van der Waals surface area contributed by atoms with Gasteiger partial charge in [0.1, 0.15) is 0 Å². The Hall–Kier alpha value is -1.71. The Morgan fingerprint density at radius 1 is 1.33 bits per heavy atom. The van der Waals surface area contributed by atoms with Crippen molar-refractivity contribution in [1.29, 1.82) is 0 Å². The van der Waals surface area contributed by atoms with Crippen molar-refractivity contribution >= 4 is 11.7 Å². The van der Waals surface area contributed by atoms with Crippen molar-refractivity contribution in [3.8, 4) is 0 Å². The van der Waals surface area contributed by atoms with Crippen LogP contribution in [0, 0.1) is 0 Å². The van der Waals surface area contributed by atoms with Crippen LogP contribution in [0.3, 0.4) is 0 Å². The van der Waals surface area contributed by atoms with Gasteiger partial charge in [0.05, 0.1) is 0 Å². The van der Waals surface area contributed by atoms with E-state index in [0.717, 1.165) is 38.0 Å². The molecule has 18 heavy (non-hydrogen) atoms. The lowest BCUT2D eigenvalue weighted by molar-refractivity contribution is 0.156. The summed E-state index contributed by atoms with van der Waals surface area (Å²) in [5, 5.41) is 3.37. The number of para-hydroxylation sites is 1. The van der Waals surface area contributed by atoms with Crippen LogP contribution in [0.4, 0.5) is 10.5 Å². The van der Waals surface area contributed by atoms with Crippen LogP contribution in [0.1, 0.15) is 25.7 Å². The molecular weight excluding hydrogens is 226 g/mol. The summed E-state index contributed by atoms with van der Waals surface area (Å²) in [6, 6.07) is 10.1. The van der Waals surface area contributed by atoms with Crippen molar-refractivity contribution in [2.24, 2.45) is 5.73 Å². The number of urea groups is 1. The van der Waals surface area contributed by atoms with Gasteiger partial charge in [-0.2, -0.15) is 0 Å². The first-order valence-electron chi connectivity index (χ1n) is 6.62. The molecule has 0 aliphatic carbocycles. The van der Waals surface area contributed by atoms with E-state index in [0.29, 0.717) is 6.04 Å². The smallest absolute Gasteiger partial charge is 0.315 e. The monoisotopic (exact) mass is 247 g/mol. The number of nitrogens with zero attached hydrogens (tertiary/aromatic N) is 1. The molecule has 0 bridgehead atoms. The van der Waals surface area contributed by atoms with E-state index < -0.39 is 0 Å². The average molecular weight is 247 g/mol. The van der Waals surface area contributed by atoms with E-state index in [-0.39, 0.29) is 6.03 Å². The highest BCUT2D eigenvalue weighted by atomic mass is 16.2. The third-order valence-electron chi connectivity index (χ3n) is 3.49. The van der Waals surface area contributed by atoms with Gasteiger partial charge < -0.3 is 16.0 Å². The Labute approximate surface area is 108 Å². The second-order valence-electron chi connectivity index (χ2n) is 4.76. The summed E-state index contributed by atoms with van der Waals surface area (Å²) in [5.41, 5.74) is 6.53. The van der Waals surface area contributed by atoms with E-state index in [1.54, 1.807) is 0 Å². The van der Waals surface area contributed by atoms with Crippen LogP contribution in [0.25, 0.3) is 0 Å². The molecule has 2 amide bonds. The predicted molar refractivity (Wildman–Crippen MR) is 73.5 cm³/mol. The molecule has 1 aliphatic rings. The topological polar surface area (TPSA) is 58.4 Å². The van der Waals surface area contributed by atoms with E-state index >= 15 is 0 Å². The van der Waals surface area contributed by atoms with E-state index in [1.807, 2.05) is 35.2 Å². The largest absolute Gasteiger partial charge is 0.385 e. The number of nitrogens with two attached hydrogens (primary N) is 1. The molecule has 2 rings (SSSR count). The van der Waals surface area contributed by atoms with Gasteiger partial charge in [-0.1, -0.05) is 18.2 Å². The number of likely N-dealkylation sites (tertiary alicyclic amines) is 1. The van der Waals surface area contributed by atoms with E-state index in [4.69, 9.17) is 5.73 Å². The first-order valence-corrected chi connectivity index (χ1v) is 6.62. The third-order valence-corrected chi connectivity index (χ3v) is 3.49. The van der Waals surface area contributed by atoms with Crippen LogP contribution in [0.5, 0.6) is 0 Å². The minimum atomic E-state index is -0.278. The molecule has 4 heteroatoms. The summed E-state index contributed by atoms with van der Waals surface area (Å²) in [4.78, 5) is 13.1. The van der Waals surface area contributed by atoms with Crippen molar-refractivity contribution in [3.05, 3.63) is 30.3 Å². The van der Waals surface area contributed by atoms with E-state index in [9.17, 15) is 4.79 Å². The highest BCUT2D eigenvalue weighted by molar-refractivity contribution is 5.72. The molecule has 0 spiro atoms. The van der Waals surface area contributed by atoms with Crippen molar-refractivity contribution in [1.82, 2.24) is 4.90 Å². The number of nitrogens with one attached hydrogen (secondary N) is 1. The van der Waals surface area contributed by atoms with Crippen molar-refractivity contribution < 1.29 is 4.79 Å². The predicted octanol–water partition coefficient (Wildman–Crippen LogP) is 2.42. The molecule has 1 saturated heterocycles. The van der Waals surface area contributed by atoms with Gasteiger partial charge in [0.25, 0.3) is 0 Å². The lowest BCUT2D eigenvalue weighted by Gasteiger charge is -2.34. The molecule has 4 nitrogen and oxygen atoms in total. The summed E-state index contributed by atoms with van der Waals surface area (Å²) >= 11 is 0. The fourth-order valence-electron chi connectivity index (χ4n) is 2.53. The number of amides is 2. The number of hydrogen-bond donors (Lipinski definition) is 2. The summed E-state index contributed by atoms with van der Waals surface area (Å²) in [7, 11) is 0. The molecule has 1 aromatic carbocycles. The Kier molecular flexibility index (Phi) is 4.45. The highest BCUT2D eigenvalue weighted by Gasteiger charge is 2.24. The molecule has 1 fully saturated rings. The second kappa shape index (κ2) is 6.28. The van der Waals surface area contributed by atoms with Crippen molar-refractivity contribution in [3.63, 3.8) is 0 Å². The maximum atomic E-state index is 11.3. The standard InChI is InChI=1S/C14H21N3O/c15-14(18)17-11-5-4-8-13(17)9-10-16-12-6-2-1-3-7-12/h1-3,6-7,13,16H,4-5,8-11H2,(H2,15,18). The van der Waals surface area contributed by atoms with E-state index in [2.05, 4.69) is 5.32 Å². The molecule has 3 N–H and O–H groups in total. The van der Waals surface area contributed by atoms with Gasteiger partial charge in [0.2, 0.25) is 0 Å². The zero-order chi connectivity index (χ0) is 12.8. The molecule has 0 radical (unpaired) electrons. The van der Waals surface area contributed by atoms with Crippen LogP contribution >= 0.6 is 0 Å². The number of anilines is 1. The highest BCUT2D eigenvalue weighted by Crippen LogP contribution is 2.19. The number of piperidine rings is 1. The summed E-state index contributed by atoms with van der Waals surface area (Å²) in [5.74, 6) is 0. The van der Waals surface area contributed by atoms with Gasteiger partial charge in [-0.15, -0.1) is 0 Å². The molecule has 1 atom stereocenters. The van der Waals surface area contributed by atoms with Gasteiger partial charge in [-0.25, -0.2) is 4.79 Å². The second-order valence-corrected chi connectivity index (χ2v) is 4.76. The summed E-state index contributed by atoms with van der Waals surface area (Å²) in [6.07, 6.45) is 4.29. The lowest BCUT2D eigenvalue weighted by Crippen LogP contribution is -2.47. The first-order chi connectivity index (χ1) is 8.77. The molecule has 98 valence electrons. The molecular formula is C14H21N3O. The Morgan fingerprint density at radius 3 is 2.83 bits per heavy atom. The fourth-order valence-corrected chi connectivity index (χ4v) is 2.53. The summed E-state index contributed by atoms with van der Waals surface area (Å²) < 4.78 is 0. The molecule has 0 aromatic heterocycles. The zero-order valence-electron chi connectivity index (χ0n) is 10.6. The normalized spacial score (nSPS) is 19.6. The van der Waals surface area contributed by atoms with Crippen molar-refractivity contribution in [2.45, 2.75) is 31.7 Å². The van der Waals surface area contributed by atoms with Crippen LogP contribution in [-0.4, -0.2) is 30.1 Å². The maximum Gasteiger partial charge on any atom is 0.315 e. The number of hydrogen-bond acceptors (Lipinski definition) is 2. The maximum absolute atomic E-state index is 11.3. The SMILES string of the molecule is NC(=O)N1CCCCC1CCNc1ccccc1. The van der Waals surface area contributed by atoms with Crippen molar-refractivity contribution in [2.75, 3.05) is 18.4 Å². The number of primary amides is 1. The molecule has 1 aromatic rings. The third kappa shape index (κ3) is 3.39. The molecule has 1 aliphatic heterocycles. The van der Waals surface area contributed by atoms with Crippen LogP contribution in [-0.2, 0) is 0 Å². The zero-order valence-corrected chi connectivity index (χ0v) is 10.6. The van der Waals surface area contributed by atoms with Crippen LogP contribution in [0.2, 0.25) is 0 Å². The van der Waals surface area contributed by atoms with Gasteiger partial charge in [0, 0.05) is 24.8 Å². The van der Waals surface area contributed by atoms with E-state index in [1.165, 1.54) is 6.42 Å². The summed E-state index contributed by atoms with van der Waals surface area (Å²) in [6.45, 7) is 1.68. The molecule has 1 heterocycles. The number of carbonyl (C=O) groups excluding carboxylic acids is 1. The van der Waals surface area contributed by atoms with Gasteiger partial charge in [0.15, 0.2) is 0 Å². The Bertz CT molecular complexity index is 380. The quantitative estimate of drug-likeness (QED) is 0.858. The van der Waals surface area contributed by atoms with Crippen LogP contribution in [0.15, 0.2) is 30.3 Å². The molecule has 0 saturated carbocycles. The number of benzene rings is 1. The fraction of sp³-hybridized carbons (Fsp3) is 0.500. The van der Waals surface area contributed by atoms with Gasteiger partial charge >= 0.3 is 6.03 Å². The number of rotatable bonds is 4. The van der Waals surface area contributed by atoms with Gasteiger partial charge in [-0.3, -0.25) is 0 Å².